The van der Waals surface area contributed by atoms with Gasteiger partial charge in [-0.1, -0.05) is 12.5 Å². The summed E-state index contributed by atoms with van der Waals surface area (Å²) in [6.45, 7) is 6.78. The van der Waals surface area contributed by atoms with E-state index in [0.29, 0.717) is 30.8 Å². The molecule has 1 aromatic rings. The minimum absolute atomic E-state index is 0.211. The number of carbonyl (C=O) groups is 1. The van der Waals surface area contributed by atoms with Gasteiger partial charge in [-0.25, -0.2) is 8.42 Å². The van der Waals surface area contributed by atoms with Crippen LogP contribution in [0.15, 0.2) is 23.1 Å². The number of hydrogen-bond donors (Lipinski definition) is 2. The van der Waals surface area contributed by atoms with E-state index in [2.05, 4.69) is 5.32 Å². The quantitative estimate of drug-likeness (QED) is 0.841. The maximum atomic E-state index is 12.9. The second-order valence-corrected chi connectivity index (χ2v) is 8.89. The highest BCUT2D eigenvalue weighted by Crippen LogP contribution is 2.24. The van der Waals surface area contributed by atoms with Gasteiger partial charge < -0.3 is 11.1 Å². The Kier molecular flexibility index (Phi) is 5.67. The fourth-order valence-electron chi connectivity index (χ4n) is 2.69. The SMILES string of the molecule is Cc1ccc(C(=O)NC(C)(C)CN)cc1S(=O)(=O)N1CCCCC1. The van der Waals surface area contributed by atoms with Crippen LogP contribution in [0.2, 0.25) is 0 Å². The smallest absolute Gasteiger partial charge is 0.251 e. The van der Waals surface area contributed by atoms with Crippen LogP contribution in [0.4, 0.5) is 0 Å². The van der Waals surface area contributed by atoms with Crippen molar-refractivity contribution in [1.29, 1.82) is 0 Å². The van der Waals surface area contributed by atoms with Crippen LogP contribution < -0.4 is 11.1 Å². The van der Waals surface area contributed by atoms with Crippen LogP contribution in [0.5, 0.6) is 0 Å². The number of nitrogens with zero attached hydrogens (tertiary/aromatic N) is 1. The Morgan fingerprint density at radius 1 is 1.25 bits per heavy atom. The molecule has 1 aromatic carbocycles. The molecule has 7 heteroatoms. The summed E-state index contributed by atoms with van der Waals surface area (Å²) in [6, 6.07) is 4.80. The molecule has 0 radical (unpaired) electrons. The van der Waals surface area contributed by atoms with Gasteiger partial charge in [0.05, 0.1) is 4.90 Å². The Hall–Kier alpha value is -1.44. The highest BCUT2D eigenvalue weighted by Gasteiger charge is 2.28. The predicted molar refractivity (Wildman–Crippen MR) is 94.4 cm³/mol. The molecule has 0 unspecified atom stereocenters. The monoisotopic (exact) mass is 353 g/mol. The topological polar surface area (TPSA) is 92.5 Å². The molecule has 134 valence electrons. The number of sulfonamides is 1. The first-order valence-electron chi connectivity index (χ1n) is 8.31. The average molecular weight is 353 g/mol. The fourth-order valence-corrected chi connectivity index (χ4v) is 4.46. The van der Waals surface area contributed by atoms with Crippen molar-refractivity contribution in [3.8, 4) is 0 Å². The number of aryl methyl sites for hydroxylation is 1. The first-order chi connectivity index (χ1) is 11.2. The largest absolute Gasteiger partial charge is 0.346 e. The van der Waals surface area contributed by atoms with Crippen molar-refractivity contribution in [3.63, 3.8) is 0 Å². The second kappa shape index (κ2) is 7.21. The van der Waals surface area contributed by atoms with Gasteiger partial charge in [0.2, 0.25) is 10.0 Å². The zero-order valence-corrected chi connectivity index (χ0v) is 15.4. The molecule has 2 rings (SSSR count). The van der Waals surface area contributed by atoms with Crippen molar-refractivity contribution in [2.24, 2.45) is 5.73 Å². The summed E-state index contributed by atoms with van der Waals surface area (Å²) < 4.78 is 27.3. The van der Waals surface area contributed by atoms with Gasteiger partial charge in [-0.05, 0) is 51.3 Å². The van der Waals surface area contributed by atoms with Crippen molar-refractivity contribution in [2.75, 3.05) is 19.6 Å². The summed E-state index contributed by atoms with van der Waals surface area (Å²) in [5, 5.41) is 2.83. The molecule has 1 amide bonds. The Labute approximate surface area is 144 Å². The van der Waals surface area contributed by atoms with Crippen LogP contribution in [-0.4, -0.2) is 43.8 Å². The predicted octanol–water partition coefficient (Wildman–Crippen LogP) is 1.64. The van der Waals surface area contributed by atoms with Crippen LogP contribution in [0.3, 0.4) is 0 Å². The molecule has 0 aliphatic carbocycles. The number of benzene rings is 1. The molecular weight excluding hydrogens is 326 g/mol. The third-order valence-electron chi connectivity index (χ3n) is 4.35. The molecular formula is C17H27N3O3S. The third-order valence-corrected chi connectivity index (χ3v) is 6.39. The minimum Gasteiger partial charge on any atom is -0.346 e. The zero-order chi connectivity index (χ0) is 18.0. The Morgan fingerprint density at radius 2 is 1.88 bits per heavy atom. The molecule has 0 spiro atoms. The lowest BCUT2D eigenvalue weighted by atomic mass is 10.0. The standard InChI is InChI=1S/C17H27N3O3S/c1-13-7-8-14(16(21)19-17(2,3)12-18)11-15(13)24(22,23)20-9-5-4-6-10-20/h7-8,11H,4-6,9-10,12,18H2,1-3H3,(H,19,21). The van der Waals surface area contributed by atoms with E-state index in [9.17, 15) is 13.2 Å². The van der Waals surface area contributed by atoms with Gasteiger partial charge in [0.15, 0.2) is 0 Å². The van der Waals surface area contributed by atoms with Crippen LogP contribution >= 0.6 is 0 Å². The molecule has 0 aromatic heterocycles. The van der Waals surface area contributed by atoms with E-state index >= 15 is 0 Å². The summed E-state index contributed by atoms with van der Waals surface area (Å²) in [6.07, 6.45) is 2.81. The van der Waals surface area contributed by atoms with Crippen LogP contribution in [0, 0.1) is 6.92 Å². The Bertz CT molecular complexity index is 708. The van der Waals surface area contributed by atoms with E-state index in [4.69, 9.17) is 5.73 Å². The van der Waals surface area contributed by atoms with Crippen molar-refractivity contribution in [2.45, 2.75) is 50.5 Å². The zero-order valence-electron chi connectivity index (χ0n) is 14.6. The summed E-state index contributed by atoms with van der Waals surface area (Å²) in [4.78, 5) is 12.6. The summed E-state index contributed by atoms with van der Waals surface area (Å²) in [7, 11) is -3.57. The molecule has 1 fully saturated rings. The van der Waals surface area contributed by atoms with Crippen molar-refractivity contribution in [3.05, 3.63) is 29.3 Å². The Morgan fingerprint density at radius 3 is 2.46 bits per heavy atom. The third kappa shape index (κ3) is 4.15. The number of rotatable bonds is 5. The van der Waals surface area contributed by atoms with E-state index in [0.717, 1.165) is 19.3 Å². The second-order valence-electron chi connectivity index (χ2n) is 6.99. The molecule has 0 bridgehead atoms. The number of nitrogens with one attached hydrogen (secondary N) is 1. The van der Waals surface area contributed by atoms with Crippen LogP contribution in [0.1, 0.15) is 49.0 Å². The van der Waals surface area contributed by atoms with E-state index < -0.39 is 15.6 Å². The number of carbonyl (C=O) groups excluding carboxylic acids is 1. The summed E-state index contributed by atoms with van der Waals surface area (Å²) >= 11 is 0. The van der Waals surface area contributed by atoms with Crippen LogP contribution in [-0.2, 0) is 10.0 Å². The molecule has 24 heavy (non-hydrogen) atoms. The number of hydrogen-bond acceptors (Lipinski definition) is 4. The number of nitrogens with two attached hydrogens (primary N) is 1. The number of piperidine rings is 1. The van der Waals surface area contributed by atoms with E-state index in [1.54, 1.807) is 19.1 Å². The minimum atomic E-state index is -3.57. The van der Waals surface area contributed by atoms with Gasteiger partial charge >= 0.3 is 0 Å². The average Bonchev–Trinajstić information content (AvgIpc) is 2.55. The summed E-state index contributed by atoms with van der Waals surface area (Å²) in [5.41, 5.74) is 6.07. The highest BCUT2D eigenvalue weighted by molar-refractivity contribution is 7.89. The van der Waals surface area contributed by atoms with Gasteiger partial charge in [0.25, 0.3) is 5.91 Å². The van der Waals surface area contributed by atoms with E-state index in [-0.39, 0.29) is 10.8 Å². The van der Waals surface area contributed by atoms with E-state index in [1.807, 2.05) is 13.8 Å². The van der Waals surface area contributed by atoms with Crippen molar-refractivity contribution >= 4 is 15.9 Å². The summed E-state index contributed by atoms with van der Waals surface area (Å²) in [5.74, 6) is -0.319. The van der Waals surface area contributed by atoms with Gasteiger partial charge in [-0.2, -0.15) is 4.31 Å². The fraction of sp³-hybridized carbons (Fsp3) is 0.588. The van der Waals surface area contributed by atoms with Crippen molar-refractivity contribution < 1.29 is 13.2 Å². The normalized spacial score (nSPS) is 16.8. The molecule has 1 aliphatic rings. The first kappa shape index (κ1) is 18.9. The lowest BCUT2D eigenvalue weighted by Crippen LogP contribution is -2.48. The van der Waals surface area contributed by atoms with Gasteiger partial charge in [0.1, 0.15) is 0 Å². The molecule has 1 heterocycles. The van der Waals surface area contributed by atoms with E-state index in [1.165, 1.54) is 10.4 Å². The van der Waals surface area contributed by atoms with Crippen LogP contribution in [0.25, 0.3) is 0 Å². The molecule has 0 saturated carbocycles. The number of amides is 1. The first-order valence-corrected chi connectivity index (χ1v) is 9.75. The molecule has 0 atom stereocenters. The lowest BCUT2D eigenvalue weighted by Gasteiger charge is -2.27. The molecule has 1 saturated heterocycles. The molecule has 3 N–H and O–H groups in total. The Balaban J connectivity index is 2.33. The maximum absolute atomic E-state index is 12.9. The van der Waals surface area contributed by atoms with Crippen molar-refractivity contribution in [1.82, 2.24) is 9.62 Å². The van der Waals surface area contributed by atoms with Gasteiger partial charge in [-0.3, -0.25) is 4.79 Å². The molecule has 6 nitrogen and oxygen atoms in total. The van der Waals surface area contributed by atoms with Gasteiger partial charge in [0, 0.05) is 30.7 Å². The maximum Gasteiger partial charge on any atom is 0.251 e. The molecule has 1 aliphatic heterocycles. The lowest BCUT2D eigenvalue weighted by molar-refractivity contribution is 0.0915. The highest BCUT2D eigenvalue weighted by atomic mass is 32.2. The van der Waals surface area contributed by atoms with Gasteiger partial charge in [-0.15, -0.1) is 0 Å².